The zero-order valence-corrected chi connectivity index (χ0v) is 11.6. The van der Waals surface area contributed by atoms with E-state index in [1.165, 1.54) is 12.1 Å². The van der Waals surface area contributed by atoms with E-state index in [0.717, 1.165) is 30.8 Å². The second kappa shape index (κ2) is 6.85. The number of benzene rings is 1. The molecule has 0 heterocycles. The van der Waals surface area contributed by atoms with Crippen LogP contribution in [0.25, 0.3) is 0 Å². The summed E-state index contributed by atoms with van der Waals surface area (Å²) in [5.41, 5.74) is 1.93. The van der Waals surface area contributed by atoms with E-state index < -0.39 is 0 Å². The number of alkyl halides is 1. The second-order valence-electron chi connectivity index (χ2n) is 4.46. The van der Waals surface area contributed by atoms with Gasteiger partial charge in [0.2, 0.25) is 0 Å². The summed E-state index contributed by atoms with van der Waals surface area (Å²) in [6.45, 7) is 8.43. The average Bonchev–Trinajstić information content (AvgIpc) is 2.35. The minimum atomic E-state index is -0.219. The van der Waals surface area contributed by atoms with Gasteiger partial charge in [0.15, 0.2) is 0 Å². The number of hydrogen-bond acceptors (Lipinski definition) is 1. The van der Waals surface area contributed by atoms with E-state index >= 15 is 0 Å². The quantitative estimate of drug-likeness (QED) is 0.681. The van der Waals surface area contributed by atoms with Crippen LogP contribution in [0.3, 0.4) is 0 Å². The Hall–Kier alpha value is -0.760. The maximum absolute atomic E-state index is 13.2. The maximum atomic E-state index is 13.2. The summed E-state index contributed by atoms with van der Waals surface area (Å²) in [4.78, 5) is 2.27. The normalized spacial score (nSPS) is 12.5. The van der Waals surface area contributed by atoms with Crippen molar-refractivity contribution in [2.75, 3.05) is 18.0 Å². The maximum Gasteiger partial charge on any atom is 0.123 e. The number of nitrogens with zero attached hydrogens (tertiary/aromatic N) is 1. The molecule has 0 aliphatic carbocycles. The lowest BCUT2D eigenvalue weighted by molar-refractivity contribution is 0.547. The highest BCUT2D eigenvalue weighted by Gasteiger charge is 2.12. The van der Waals surface area contributed by atoms with Crippen LogP contribution in [0.15, 0.2) is 18.2 Å². The minimum Gasteiger partial charge on any atom is -0.371 e. The van der Waals surface area contributed by atoms with Gasteiger partial charge in [-0.2, -0.15) is 0 Å². The molecule has 1 aromatic rings. The lowest BCUT2D eigenvalue weighted by Crippen LogP contribution is -2.28. The Morgan fingerprint density at radius 3 is 2.59 bits per heavy atom. The van der Waals surface area contributed by atoms with E-state index in [9.17, 15) is 4.39 Å². The van der Waals surface area contributed by atoms with E-state index in [2.05, 4.69) is 25.7 Å². The largest absolute Gasteiger partial charge is 0.371 e. The highest BCUT2D eigenvalue weighted by molar-refractivity contribution is 6.17. The molecule has 1 unspecified atom stereocenters. The van der Waals surface area contributed by atoms with Gasteiger partial charge in [-0.3, -0.25) is 0 Å². The first-order valence-electron chi connectivity index (χ1n) is 6.21. The highest BCUT2D eigenvalue weighted by atomic mass is 35.5. The van der Waals surface area contributed by atoms with Crippen molar-refractivity contribution in [1.82, 2.24) is 0 Å². The molecule has 0 N–H and O–H groups in total. The molecule has 0 radical (unpaired) electrons. The molecule has 0 bridgehead atoms. The number of hydrogen-bond donors (Lipinski definition) is 0. The topological polar surface area (TPSA) is 3.24 Å². The highest BCUT2D eigenvalue weighted by Crippen LogP contribution is 2.24. The summed E-state index contributed by atoms with van der Waals surface area (Å²) in [5, 5.41) is 0. The molecule has 0 saturated carbocycles. The SMILES string of the molecule is CCC(C)CN(CC)c1ccc(F)cc1CCl. The van der Waals surface area contributed by atoms with E-state index in [1.807, 2.05) is 6.07 Å². The van der Waals surface area contributed by atoms with E-state index in [1.54, 1.807) is 0 Å². The molecule has 0 aliphatic rings. The van der Waals surface area contributed by atoms with Gasteiger partial charge in [0.1, 0.15) is 5.82 Å². The van der Waals surface area contributed by atoms with Gasteiger partial charge in [0, 0.05) is 24.7 Å². The van der Waals surface area contributed by atoms with Crippen LogP contribution in [-0.2, 0) is 5.88 Å². The second-order valence-corrected chi connectivity index (χ2v) is 4.73. The lowest BCUT2D eigenvalue weighted by atomic mass is 10.1. The summed E-state index contributed by atoms with van der Waals surface area (Å²) in [5.74, 6) is 0.761. The first kappa shape index (κ1) is 14.3. The Labute approximate surface area is 109 Å². The smallest absolute Gasteiger partial charge is 0.123 e. The van der Waals surface area contributed by atoms with Crippen LogP contribution < -0.4 is 4.90 Å². The summed E-state index contributed by atoms with van der Waals surface area (Å²) in [6.07, 6.45) is 1.15. The zero-order valence-electron chi connectivity index (χ0n) is 10.8. The van der Waals surface area contributed by atoms with Gasteiger partial charge in [-0.1, -0.05) is 20.3 Å². The minimum absolute atomic E-state index is 0.219. The van der Waals surface area contributed by atoms with Crippen molar-refractivity contribution < 1.29 is 4.39 Å². The summed E-state index contributed by atoms with van der Waals surface area (Å²) >= 11 is 5.88. The Kier molecular flexibility index (Phi) is 5.76. The Morgan fingerprint density at radius 2 is 2.06 bits per heavy atom. The molecule has 0 amide bonds. The molecule has 0 aromatic heterocycles. The van der Waals surface area contributed by atoms with Crippen LogP contribution in [0.2, 0.25) is 0 Å². The van der Waals surface area contributed by atoms with Gasteiger partial charge >= 0.3 is 0 Å². The molecule has 0 fully saturated rings. The molecule has 1 aromatic carbocycles. The van der Waals surface area contributed by atoms with E-state index in [4.69, 9.17) is 11.6 Å². The monoisotopic (exact) mass is 257 g/mol. The Balaban J connectivity index is 2.94. The fourth-order valence-electron chi connectivity index (χ4n) is 1.87. The molecule has 1 rings (SSSR count). The van der Waals surface area contributed by atoms with Crippen molar-refractivity contribution in [3.05, 3.63) is 29.6 Å². The first-order valence-corrected chi connectivity index (χ1v) is 6.75. The molecule has 0 spiro atoms. The number of rotatable bonds is 6. The van der Waals surface area contributed by atoms with Gasteiger partial charge in [0.25, 0.3) is 0 Å². The molecule has 17 heavy (non-hydrogen) atoms. The van der Waals surface area contributed by atoms with E-state index in [0.29, 0.717) is 11.8 Å². The summed E-state index contributed by atoms with van der Waals surface area (Å²) in [6, 6.07) is 4.87. The summed E-state index contributed by atoms with van der Waals surface area (Å²) < 4.78 is 13.2. The number of anilines is 1. The molecule has 3 heteroatoms. The van der Waals surface area contributed by atoms with Gasteiger partial charge in [-0.25, -0.2) is 4.39 Å². The predicted octanol–water partition coefficient (Wildman–Crippen LogP) is 4.44. The van der Waals surface area contributed by atoms with E-state index in [-0.39, 0.29) is 5.82 Å². The van der Waals surface area contributed by atoms with Gasteiger partial charge in [-0.05, 0) is 36.6 Å². The first-order chi connectivity index (χ1) is 8.12. The van der Waals surface area contributed by atoms with Gasteiger partial charge < -0.3 is 4.90 Å². The van der Waals surface area contributed by atoms with Crippen molar-refractivity contribution in [1.29, 1.82) is 0 Å². The fourth-order valence-corrected chi connectivity index (χ4v) is 2.09. The van der Waals surface area contributed by atoms with Crippen LogP contribution in [0.4, 0.5) is 10.1 Å². The van der Waals surface area contributed by atoms with Crippen molar-refractivity contribution in [3.8, 4) is 0 Å². The molecule has 96 valence electrons. The zero-order chi connectivity index (χ0) is 12.8. The van der Waals surface area contributed by atoms with Crippen LogP contribution in [0.1, 0.15) is 32.8 Å². The van der Waals surface area contributed by atoms with Gasteiger partial charge in [-0.15, -0.1) is 11.6 Å². The molecular formula is C14H21ClFN. The van der Waals surface area contributed by atoms with Crippen LogP contribution in [0, 0.1) is 11.7 Å². The third kappa shape index (κ3) is 3.88. The summed E-state index contributed by atoms with van der Waals surface area (Å²) in [7, 11) is 0. The predicted molar refractivity (Wildman–Crippen MR) is 73.3 cm³/mol. The van der Waals surface area contributed by atoms with Crippen LogP contribution in [-0.4, -0.2) is 13.1 Å². The third-order valence-electron chi connectivity index (χ3n) is 3.14. The van der Waals surface area contributed by atoms with Crippen molar-refractivity contribution in [2.24, 2.45) is 5.92 Å². The fraction of sp³-hybridized carbons (Fsp3) is 0.571. The van der Waals surface area contributed by atoms with Gasteiger partial charge in [0.05, 0.1) is 0 Å². The molecule has 0 aliphatic heterocycles. The lowest BCUT2D eigenvalue weighted by Gasteiger charge is -2.28. The molecule has 1 nitrogen and oxygen atoms in total. The Bertz CT molecular complexity index is 354. The Morgan fingerprint density at radius 1 is 1.35 bits per heavy atom. The van der Waals surface area contributed by atoms with Crippen LogP contribution >= 0.6 is 11.6 Å². The molecule has 1 atom stereocenters. The van der Waals surface area contributed by atoms with Crippen molar-refractivity contribution in [2.45, 2.75) is 33.1 Å². The third-order valence-corrected chi connectivity index (χ3v) is 3.42. The van der Waals surface area contributed by atoms with Crippen molar-refractivity contribution in [3.63, 3.8) is 0 Å². The average molecular weight is 258 g/mol. The van der Waals surface area contributed by atoms with Crippen molar-refractivity contribution >= 4 is 17.3 Å². The standard InChI is InChI=1S/C14H21ClFN/c1-4-11(3)10-17(5-2)14-7-6-13(16)8-12(14)9-15/h6-8,11H,4-5,9-10H2,1-3H3. The van der Waals surface area contributed by atoms with Crippen LogP contribution in [0.5, 0.6) is 0 Å². The number of halogens is 2. The molecule has 0 saturated heterocycles. The molecular weight excluding hydrogens is 237 g/mol.